The van der Waals surface area contributed by atoms with Gasteiger partial charge in [-0.15, -0.1) is 0 Å². The minimum Gasteiger partial charge on any atom is -0.494 e. The van der Waals surface area contributed by atoms with Crippen LogP contribution in [-0.2, 0) is 0 Å². The summed E-state index contributed by atoms with van der Waals surface area (Å²) in [5.41, 5.74) is -1.24. The van der Waals surface area contributed by atoms with Gasteiger partial charge in [-0.25, -0.2) is 18.4 Å². The van der Waals surface area contributed by atoms with Crippen molar-refractivity contribution < 1.29 is 37.3 Å². The van der Waals surface area contributed by atoms with Crippen LogP contribution in [0.25, 0.3) is 0 Å². The molecular formula is C22H23F3O5. The van der Waals surface area contributed by atoms with Crippen molar-refractivity contribution in [1.82, 2.24) is 0 Å². The molecule has 0 saturated heterocycles. The van der Waals surface area contributed by atoms with Crippen LogP contribution in [0.3, 0.4) is 0 Å². The van der Waals surface area contributed by atoms with Crippen LogP contribution in [0.5, 0.6) is 11.5 Å². The molecule has 0 fully saturated rings. The third kappa shape index (κ3) is 6.23. The Balaban J connectivity index is 1.94. The van der Waals surface area contributed by atoms with Crippen LogP contribution in [0.1, 0.15) is 66.2 Å². The zero-order valence-electron chi connectivity index (χ0n) is 16.6. The minimum atomic E-state index is -1.89. The van der Waals surface area contributed by atoms with Crippen molar-refractivity contribution >= 4 is 11.9 Å². The highest BCUT2D eigenvalue weighted by Gasteiger charge is 2.25. The second-order valence-corrected chi connectivity index (χ2v) is 6.70. The number of halogens is 3. The normalized spacial score (nSPS) is 10.7. The van der Waals surface area contributed by atoms with Crippen molar-refractivity contribution in [2.75, 3.05) is 6.61 Å². The van der Waals surface area contributed by atoms with Gasteiger partial charge in [0.05, 0.1) is 12.2 Å². The Morgan fingerprint density at radius 3 is 2.20 bits per heavy atom. The number of aromatic carboxylic acids is 1. The molecule has 5 nitrogen and oxygen atoms in total. The van der Waals surface area contributed by atoms with Crippen LogP contribution >= 0.6 is 0 Å². The SMILES string of the molecule is CCCCCCCCOc1ccc(C(=O)Oc2c(F)cc(C(=O)O)c(F)c2F)cc1. The monoisotopic (exact) mass is 424 g/mol. The molecule has 162 valence electrons. The minimum absolute atomic E-state index is 0.0385. The van der Waals surface area contributed by atoms with Crippen LogP contribution in [0.2, 0.25) is 0 Å². The third-order valence-electron chi connectivity index (χ3n) is 4.40. The molecule has 2 aromatic rings. The molecule has 0 aliphatic heterocycles. The zero-order valence-corrected chi connectivity index (χ0v) is 16.6. The van der Waals surface area contributed by atoms with E-state index in [0.29, 0.717) is 12.4 Å². The number of carbonyl (C=O) groups is 2. The van der Waals surface area contributed by atoms with Gasteiger partial charge in [-0.3, -0.25) is 0 Å². The summed E-state index contributed by atoms with van der Waals surface area (Å²) in [6, 6.07) is 5.96. The largest absolute Gasteiger partial charge is 0.494 e. The van der Waals surface area contributed by atoms with Gasteiger partial charge < -0.3 is 14.6 Å². The summed E-state index contributed by atoms with van der Waals surface area (Å²) in [5, 5.41) is 8.72. The molecular weight excluding hydrogens is 401 g/mol. The summed E-state index contributed by atoms with van der Waals surface area (Å²) in [5.74, 6) is -8.96. The molecule has 0 unspecified atom stereocenters. The summed E-state index contributed by atoms with van der Waals surface area (Å²) < 4.78 is 51.7. The summed E-state index contributed by atoms with van der Waals surface area (Å²) in [6.45, 7) is 2.68. The topological polar surface area (TPSA) is 72.8 Å². The van der Waals surface area contributed by atoms with E-state index in [1.807, 2.05) is 0 Å². The predicted molar refractivity (Wildman–Crippen MR) is 104 cm³/mol. The average molecular weight is 424 g/mol. The van der Waals surface area contributed by atoms with Gasteiger partial charge in [0, 0.05) is 0 Å². The highest BCUT2D eigenvalue weighted by atomic mass is 19.2. The number of carbonyl (C=O) groups excluding carboxylic acids is 1. The number of carboxylic acid groups (broad SMARTS) is 1. The molecule has 0 aromatic heterocycles. The first-order valence-corrected chi connectivity index (χ1v) is 9.71. The van der Waals surface area contributed by atoms with Crippen LogP contribution in [0, 0.1) is 17.5 Å². The maximum Gasteiger partial charge on any atom is 0.343 e. The van der Waals surface area contributed by atoms with Gasteiger partial charge in [0.15, 0.2) is 11.6 Å². The first-order chi connectivity index (χ1) is 14.3. The van der Waals surface area contributed by atoms with Crippen LogP contribution in [0.15, 0.2) is 30.3 Å². The highest BCUT2D eigenvalue weighted by molar-refractivity contribution is 5.92. The quantitative estimate of drug-likeness (QED) is 0.215. The lowest BCUT2D eigenvalue weighted by Gasteiger charge is -2.10. The molecule has 0 spiro atoms. The Bertz CT molecular complexity index is 881. The Hall–Kier alpha value is -3.03. The molecule has 1 N–H and O–H groups in total. The molecule has 2 rings (SSSR count). The standard InChI is InChI=1S/C22H23F3O5/c1-2-3-4-5-6-7-12-29-15-10-8-14(9-11-15)22(28)30-20-17(23)13-16(21(26)27)18(24)19(20)25/h8-11,13H,2-7,12H2,1H3,(H,26,27). The Kier molecular flexibility index (Phi) is 8.70. The van der Waals surface area contributed by atoms with Gasteiger partial charge in [0.1, 0.15) is 11.3 Å². The molecule has 2 aromatic carbocycles. The lowest BCUT2D eigenvalue weighted by Crippen LogP contribution is -2.13. The number of hydrogen-bond acceptors (Lipinski definition) is 4. The molecule has 0 bridgehead atoms. The van der Waals surface area contributed by atoms with E-state index in [-0.39, 0.29) is 11.6 Å². The van der Waals surface area contributed by atoms with E-state index < -0.39 is 40.7 Å². The van der Waals surface area contributed by atoms with Crippen molar-refractivity contribution in [3.05, 3.63) is 58.9 Å². The number of hydrogen-bond donors (Lipinski definition) is 1. The Morgan fingerprint density at radius 2 is 1.57 bits per heavy atom. The molecule has 30 heavy (non-hydrogen) atoms. The number of unbranched alkanes of at least 4 members (excludes halogenated alkanes) is 5. The predicted octanol–water partition coefficient (Wildman–Crippen LogP) is 5.76. The Morgan fingerprint density at radius 1 is 0.933 bits per heavy atom. The smallest absolute Gasteiger partial charge is 0.343 e. The fourth-order valence-electron chi connectivity index (χ4n) is 2.74. The summed E-state index contributed by atoms with van der Waals surface area (Å²) in [7, 11) is 0. The second kappa shape index (κ2) is 11.2. The summed E-state index contributed by atoms with van der Waals surface area (Å²) in [4.78, 5) is 22.9. The lowest BCUT2D eigenvalue weighted by molar-refractivity contribution is 0.0689. The molecule has 0 saturated carbocycles. The maximum atomic E-state index is 13.9. The van der Waals surface area contributed by atoms with Gasteiger partial charge in [0.2, 0.25) is 11.6 Å². The second-order valence-electron chi connectivity index (χ2n) is 6.70. The number of benzene rings is 2. The number of ether oxygens (including phenoxy) is 2. The molecule has 0 atom stereocenters. The van der Waals surface area contributed by atoms with E-state index in [4.69, 9.17) is 9.84 Å². The van der Waals surface area contributed by atoms with Gasteiger partial charge >= 0.3 is 11.9 Å². The summed E-state index contributed by atoms with van der Waals surface area (Å²) in [6.07, 6.45) is 6.75. The van der Waals surface area contributed by atoms with E-state index in [2.05, 4.69) is 11.7 Å². The van der Waals surface area contributed by atoms with Crippen LogP contribution < -0.4 is 9.47 Å². The van der Waals surface area contributed by atoms with Crippen molar-refractivity contribution in [2.24, 2.45) is 0 Å². The fraction of sp³-hybridized carbons (Fsp3) is 0.364. The average Bonchev–Trinajstić information content (AvgIpc) is 2.73. The number of carboxylic acids is 1. The Labute approximate surface area is 172 Å². The fourth-order valence-corrected chi connectivity index (χ4v) is 2.74. The van der Waals surface area contributed by atoms with E-state index in [0.717, 1.165) is 19.3 Å². The van der Waals surface area contributed by atoms with Gasteiger partial charge in [-0.05, 0) is 36.8 Å². The van der Waals surface area contributed by atoms with Crippen molar-refractivity contribution in [3.63, 3.8) is 0 Å². The number of esters is 1. The molecule has 0 heterocycles. The first-order valence-electron chi connectivity index (χ1n) is 9.71. The highest BCUT2D eigenvalue weighted by Crippen LogP contribution is 2.28. The van der Waals surface area contributed by atoms with E-state index >= 15 is 0 Å². The van der Waals surface area contributed by atoms with E-state index in [1.54, 1.807) is 0 Å². The first kappa shape index (κ1) is 23.3. The van der Waals surface area contributed by atoms with Gasteiger partial charge in [-0.1, -0.05) is 39.0 Å². The zero-order chi connectivity index (χ0) is 22.1. The van der Waals surface area contributed by atoms with Gasteiger partial charge in [-0.2, -0.15) is 4.39 Å². The molecule has 0 aliphatic rings. The van der Waals surface area contributed by atoms with E-state index in [9.17, 15) is 22.8 Å². The third-order valence-corrected chi connectivity index (χ3v) is 4.40. The van der Waals surface area contributed by atoms with Crippen molar-refractivity contribution in [1.29, 1.82) is 0 Å². The van der Waals surface area contributed by atoms with Crippen LogP contribution in [-0.4, -0.2) is 23.7 Å². The summed E-state index contributed by atoms with van der Waals surface area (Å²) >= 11 is 0. The van der Waals surface area contributed by atoms with Crippen LogP contribution in [0.4, 0.5) is 13.2 Å². The van der Waals surface area contributed by atoms with Crippen molar-refractivity contribution in [2.45, 2.75) is 45.4 Å². The molecule has 0 amide bonds. The maximum absolute atomic E-state index is 13.9. The molecule has 0 aliphatic carbocycles. The lowest BCUT2D eigenvalue weighted by atomic mass is 10.1. The molecule has 0 radical (unpaired) electrons. The van der Waals surface area contributed by atoms with E-state index in [1.165, 1.54) is 43.5 Å². The van der Waals surface area contributed by atoms with Gasteiger partial charge in [0.25, 0.3) is 0 Å². The van der Waals surface area contributed by atoms with Crippen molar-refractivity contribution in [3.8, 4) is 11.5 Å². The molecule has 8 heteroatoms. The number of rotatable bonds is 11.